The Balaban J connectivity index is 2.08. The maximum Gasteiger partial charge on any atom is 0.409 e. The molecule has 1 heterocycles. The predicted molar refractivity (Wildman–Crippen MR) is 104 cm³/mol. The molecule has 2 aliphatic rings. The number of allylic oxidation sites excluding steroid dienone is 2. The minimum Gasteiger partial charge on any atom is -0.487 e. The predicted octanol–water partition coefficient (Wildman–Crippen LogP) is 5.49. The molecule has 1 aliphatic heterocycles. The molecule has 0 bridgehead atoms. The quantitative estimate of drug-likeness (QED) is 0.560. The van der Waals surface area contributed by atoms with E-state index in [0.717, 1.165) is 42.6 Å². The van der Waals surface area contributed by atoms with Crippen molar-refractivity contribution < 1.29 is 14.3 Å². The lowest BCUT2D eigenvalue weighted by molar-refractivity contribution is 0.0108. The molecule has 0 unspecified atom stereocenters. The van der Waals surface area contributed by atoms with Crippen molar-refractivity contribution in [3.63, 3.8) is 0 Å². The third kappa shape index (κ3) is 3.74. The molecule has 142 valence electrons. The van der Waals surface area contributed by atoms with Crippen LogP contribution in [0.3, 0.4) is 0 Å². The first kappa shape index (κ1) is 18.8. The first-order valence-corrected chi connectivity index (χ1v) is 9.82. The number of benzene rings is 1. The molecule has 2 N–H and O–H groups in total. The molecule has 3 rings (SSSR count). The highest BCUT2D eigenvalue weighted by molar-refractivity contribution is 5.70. The highest BCUT2D eigenvalue weighted by atomic mass is 16.6. The van der Waals surface area contributed by atoms with Gasteiger partial charge in [-0.3, -0.25) is 0 Å². The Morgan fingerprint density at radius 2 is 2.12 bits per heavy atom. The van der Waals surface area contributed by atoms with Crippen LogP contribution in [0.5, 0.6) is 11.5 Å². The first-order valence-electron chi connectivity index (χ1n) is 9.82. The second-order valence-corrected chi connectivity index (χ2v) is 8.27. The smallest absolute Gasteiger partial charge is 0.409 e. The van der Waals surface area contributed by atoms with Crippen LogP contribution in [0.4, 0.5) is 4.79 Å². The average molecular weight is 357 g/mol. The number of fused-ring (bicyclic) bond motifs is 3. The van der Waals surface area contributed by atoms with E-state index in [2.05, 4.69) is 39.8 Å². The summed E-state index contributed by atoms with van der Waals surface area (Å²) in [5.41, 5.74) is 8.61. The molecule has 0 saturated carbocycles. The Morgan fingerprint density at radius 3 is 2.81 bits per heavy atom. The third-order valence-corrected chi connectivity index (χ3v) is 5.79. The zero-order valence-electron chi connectivity index (χ0n) is 16.4. The van der Waals surface area contributed by atoms with Gasteiger partial charge in [-0.15, -0.1) is 0 Å². The van der Waals surface area contributed by atoms with Gasteiger partial charge in [0.2, 0.25) is 0 Å². The number of hydrogen-bond acceptors (Lipinski definition) is 3. The summed E-state index contributed by atoms with van der Waals surface area (Å²) in [5.74, 6) is 1.96. The minimum atomic E-state index is -0.768. The summed E-state index contributed by atoms with van der Waals surface area (Å²) in [7, 11) is 0. The number of carbonyl (C=O) groups is 1. The van der Waals surface area contributed by atoms with E-state index in [1.807, 2.05) is 6.07 Å². The number of primary amides is 1. The molecule has 26 heavy (non-hydrogen) atoms. The van der Waals surface area contributed by atoms with Gasteiger partial charge in [-0.1, -0.05) is 31.4 Å². The van der Waals surface area contributed by atoms with Gasteiger partial charge in [0.25, 0.3) is 0 Å². The summed E-state index contributed by atoms with van der Waals surface area (Å²) in [6.07, 6.45) is 8.13. The van der Waals surface area contributed by atoms with E-state index in [1.54, 1.807) is 0 Å². The molecule has 2 atom stereocenters. The van der Waals surface area contributed by atoms with Crippen molar-refractivity contribution in [2.45, 2.75) is 77.7 Å². The van der Waals surface area contributed by atoms with Crippen LogP contribution in [0.15, 0.2) is 23.8 Å². The molecule has 1 aromatic rings. The van der Waals surface area contributed by atoms with E-state index >= 15 is 0 Å². The van der Waals surface area contributed by atoms with Crippen LogP contribution in [0.1, 0.15) is 76.8 Å². The topological polar surface area (TPSA) is 61.5 Å². The van der Waals surface area contributed by atoms with E-state index in [1.165, 1.54) is 18.4 Å². The Labute approximate surface area is 156 Å². The number of carbonyl (C=O) groups excluding carboxylic acids is 1. The maximum atomic E-state index is 11.5. The summed E-state index contributed by atoms with van der Waals surface area (Å²) < 4.78 is 11.9. The molecule has 4 nitrogen and oxygen atoms in total. The van der Waals surface area contributed by atoms with Gasteiger partial charge in [-0.2, -0.15) is 0 Å². The molecular weight excluding hydrogens is 326 g/mol. The number of hydrogen-bond donors (Lipinski definition) is 1. The highest BCUT2D eigenvalue weighted by Crippen LogP contribution is 2.53. The second kappa shape index (κ2) is 7.34. The summed E-state index contributed by atoms with van der Waals surface area (Å²) in [4.78, 5) is 11.5. The SMILES string of the molecule is CCCCCc1cc(OC(N)=O)c2c(c1)OC(C)(C)[C@@H]1CCC(C)=C[C@@H]21. The number of rotatable bonds is 5. The zero-order valence-corrected chi connectivity index (χ0v) is 16.4. The summed E-state index contributed by atoms with van der Waals surface area (Å²) in [6, 6.07) is 4.12. The van der Waals surface area contributed by atoms with Crippen molar-refractivity contribution in [1.29, 1.82) is 0 Å². The number of ether oxygens (including phenoxy) is 2. The van der Waals surface area contributed by atoms with E-state index in [4.69, 9.17) is 15.2 Å². The van der Waals surface area contributed by atoms with Crippen molar-refractivity contribution in [3.8, 4) is 11.5 Å². The van der Waals surface area contributed by atoms with Gasteiger partial charge in [0.15, 0.2) is 0 Å². The van der Waals surface area contributed by atoms with Crippen LogP contribution in [-0.2, 0) is 6.42 Å². The van der Waals surface area contributed by atoms with Crippen LogP contribution in [0.25, 0.3) is 0 Å². The standard InChI is InChI=1S/C22H31NO3/c1-5-6-7-8-15-12-18(25-21(23)24)20-16-11-14(2)9-10-17(16)22(3,4)26-19(20)13-15/h11-13,16-17H,5-10H2,1-4H3,(H2,23,24)/t16-,17-/m1/s1. The number of amides is 1. The van der Waals surface area contributed by atoms with Crippen molar-refractivity contribution in [2.24, 2.45) is 11.7 Å². The second-order valence-electron chi connectivity index (χ2n) is 8.27. The van der Waals surface area contributed by atoms with E-state index in [0.29, 0.717) is 11.7 Å². The van der Waals surface area contributed by atoms with Crippen LogP contribution < -0.4 is 15.2 Å². The van der Waals surface area contributed by atoms with Crippen molar-refractivity contribution in [1.82, 2.24) is 0 Å². The Bertz CT molecular complexity index is 720. The largest absolute Gasteiger partial charge is 0.487 e. The van der Waals surface area contributed by atoms with Gasteiger partial charge < -0.3 is 15.2 Å². The fourth-order valence-electron chi connectivity index (χ4n) is 4.48. The minimum absolute atomic E-state index is 0.196. The maximum absolute atomic E-state index is 11.5. The Kier molecular flexibility index (Phi) is 5.31. The lowest BCUT2D eigenvalue weighted by Crippen LogP contribution is -2.45. The molecule has 0 saturated heterocycles. The van der Waals surface area contributed by atoms with Gasteiger partial charge in [0.1, 0.15) is 17.1 Å². The Hall–Kier alpha value is -1.97. The van der Waals surface area contributed by atoms with Crippen LogP contribution in [0, 0.1) is 5.92 Å². The van der Waals surface area contributed by atoms with Gasteiger partial charge in [-0.25, -0.2) is 4.79 Å². The number of unbranched alkanes of at least 4 members (excludes halogenated alkanes) is 2. The molecule has 0 radical (unpaired) electrons. The lowest BCUT2D eigenvalue weighted by Gasteiger charge is -2.46. The molecule has 0 fully saturated rings. The third-order valence-electron chi connectivity index (χ3n) is 5.79. The summed E-state index contributed by atoms with van der Waals surface area (Å²) in [6.45, 7) is 8.70. The summed E-state index contributed by atoms with van der Waals surface area (Å²) >= 11 is 0. The molecule has 4 heteroatoms. The van der Waals surface area contributed by atoms with Crippen LogP contribution >= 0.6 is 0 Å². The van der Waals surface area contributed by atoms with E-state index < -0.39 is 6.09 Å². The zero-order chi connectivity index (χ0) is 18.9. The van der Waals surface area contributed by atoms with E-state index in [9.17, 15) is 4.79 Å². The highest BCUT2D eigenvalue weighted by Gasteiger charge is 2.45. The fraction of sp³-hybridized carbons (Fsp3) is 0.591. The lowest BCUT2D eigenvalue weighted by atomic mass is 9.68. The normalized spacial score (nSPS) is 23.3. The van der Waals surface area contributed by atoms with Crippen LogP contribution in [0.2, 0.25) is 0 Å². The van der Waals surface area contributed by atoms with Gasteiger partial charge in [-0.05, 0) is 64.2 Å². The van der Waals surface area contributed by atoms with Gasteiger partial charge in [0, 0.05) is 17.4 Å². The molecule has 1 aliphatic carbocycles. The molecule has 1 amide bonds. The van der Waals surface area contributed by atoms with Crippen molar-refractivity contribution >= 4 is 6.09 Å². The molecule has 1 aromatic carbocycles. The monoisotopic (exact) mass is 357 g/mol. The van der Waals surface area contributed by atoms with Crippen LogP contribution in [-0.4, -0.2) is 11.7 Å². The van der Waals surface area contributed by atoms with E-state index in [-0.39, 0.29) is 11.5 Å². The van der Waals surface area contributed by atoms with Gasteiger partial charge in [0.05, 0.1) is 0 Å². The molecule has 0 aromatic heterocycles. The Morgan fingerprint density at radius 1 is 1.35 bits per heavy atom. The van der Waals surface area contributed by atoms with Crippen molar-refractivity contribution in [3.05, 3.63) is 34.9 Å². The average Bonchev–Trinajstić information content (AvgIpc) is 2.53. The molecule has 0 spiro atoms. The first-order chi connectivity index (χ1) is 12.3. The molecular formula is C22H31NO3. The van der Waals surface area contributed by atoms with Crippen molar-refractivity contribution in [2.75, 3.05) is 0 Å². The summed E-state index contributed by atoms with van der Waals surface area (Å²) in [5, 5.41) is 0. The number of nitrogens with two attached hydrogens (primary N) is 1. The number of aryl methyl sites for hydroxylation is 1. The fourth-order valence-corrected chi connectivity index (χ4v) is 4.48. The van der Waals surface area contributed by atoms with Gasteiger partial charge >= 0.3 is 6.09 Å².